The fourth-order valence-electron chi connectivity index (χ4n) is 2.69. The molecule has 4 rings (SSSR count). The van der Waals surface area contributed by atoms with Crippen molar-refractivity contribution >= 4 is 34.4 Å². The van der Waals surface area contributed by atoms with Gasteiger partial charge >= 0.3 is 0 Å². The molecule has 0 bridgehead atoms. The quantitative estimate of drug-likeness (QED) is 0.774. The van der Waals surface area contributed by atoms with E-state index in [9.17, 15) is 5.11 Å². The Hall–Kier alpha value is -1.78. The molecule has 1 N–H and O–H groups in total. The Balaban J connectivity index is 1.82. The zero-order chi connectivity index (χ0) is 15.3. The lowest BCUT2D eigenvalue weighted by Gasteiger charge is -2.10. The van der Waals surface area contributed by atoms with Gasteiger partial charge in [0.2, 0.25) is 0 Å². The molecule has 0 amide bonds. The summed E-state index contributed by atoms with van der Waals surface area (Å²) in [6.45, 7) is 0.605. The van der Waals surface area contributed by atoms with Crippen molar-refractivity contribution < 1.29 is 5.11 Å². The number of fused-ring (bicyclic) bond motifs is 1. The Kier molecular flexibility index (Phi) is 3.24. The summed E-state index contributed by atoms with van der Waals surface area (Å²) in [5.74, 6) is 1.50. The monoisotopic (exact) mass is 333 g/mol. The molecule has 2 aromatic heterocycles. The molecule has 1 aromatic carbocycles. The summed E-state index contributed by atoms with van der Waals surface area (Å²) < 4.78 is 2.17. The summed E-state index contributed by atoms with van der Waals surface area (Å²) in [6.07, 6.45) is 4.09. The van der Waals surface area contributed by atoms with Crippen molar-refractivity contribution in [2.24, 2.45) is 0 Å². The summed E-state index contributed by atoms with van der Waals surface area (Å²) >= 11 is 12.0. The number of aromatic hydroxyl groups is 1. The number of hydrogen-bond donors (Lipinski definition) is 1. The maximum Gasteiger partial charge on any atom is 0.177 e. The van der Waals surface area contributed by atoms with Gasteiger partial charge in [-0.2, -0.15) is 0 Å². The molecule has 1 fully saturated rings. The lowest BCUT2D eigenvalue weighted by molar-refractivity contribution is 0.475. The second kappa shape index (κ2) is 5.14. The molecular weight excluding hydrogens is 321 g/mol. The molecule has 4 nitrogen and oxygen atoms in total. The van der Waals surface area contributed by atoms with Gasteiger partial charge in [-0.25, -0.2) is 9.97 Å². The van der Waals surface area contributed by atoms with Gasteiger partial charge in [-0.1, -0.05) is 23.2 Å². The molecule has 0 radical (unpaired) electrons. The van der Waals surface area contributed by atoms with E-state index in [1.807, 2.05) is 12.1 Å². The van der Waals surface area contributed by atoms with Gasteiger partial charge in [0.15, 0.2) is 11.4 Å². The normalized spacial score (nSPS) is 14.6. The van der Waals surface area contributed by atoms with E-state index in [2.05, 4.69) is 14.5 Å². The van der Waals surface area contributed by atoms with Crippen LogP contribution < -0.4 is 0 Å². The highest BCUT2D eigenvalue weighted by atomic mass is 35.5. The third-order valence-corrected chi connectivity index (χ3v) is 4.49. The van der Waals surface area contributed by atoms with Crippen molar-refractivity contribution in [3.05, 3.63) is 51.9 Å². The predicted octanol–water partition coefficient (Wildman–Crippen LogP) is 4.37. The number of phenols is 1. The summed E-state index contributed by atoms with van der Waals surface area (Å²) in [4.78, 5) is 9.01. The number of halogens is 2. The number of pyridine rings is 1. The molecule has 0 unspecified atom stereocenters. The first kappa shape index (κ1) is 13.9. The molecular formula is C16H13Cl2N3O. The predicted molar refractivity (Wildman–Crippen MR) is 86.7 cm³/mol. The molecule has 22 heavy (non-hydrogen) atoms. The van der Waals surface area contributed by atoms with Crippen LogP contribution in [0.15, 0.2) is 30.5 Å². The van der Waals surface area contributed by atoms with E-state index in [0.717, 1.165) is 22.6 Å². The number of hydrogen-bond acceptors (Lipinski definition) is 3. The van der Waals surface area contributed by atoms with Crippen LogP contribution in [0.4, 0.5) is 0 Å². The van der Waals surface area contributed by atoms with Crippen molar-refractivity contribution in [1.82, 2.24) is 14.5 Å². The minimum atomic E-state index is -0.0772. The Morgan fingerprint density at radius 3 is 2.64 bits per heavy atom. The zero-order valence-corrected chi connectivity index (χ0v) is 13.1. The van der Waals surface area contributed by atoms with Crippen LogP contribution in [0.1, 0.15) is 30.1 Å². The van der Waals surface area contributed by atoms with Crippen LogP contribution in [0, 0.1) is 0 Å². The Bertz CT molecular complexity index is 848. The fourth-order valence-corrected chi connectivity index (χ4v) is 3.22. The second-order valence-electron chi connectivity index (χ2n) is 5.58. The van der Waals surface area contributed by atoms with Gasteiger partial charge < -0.3 is 9.67 Å². The average molecular weight is 334 g/mol. The van der Waals surface area contributed by atoms with Crippen molar-refractivity contribution in [1.29, 1.82) is 0 Å². The van der Waals surface area contributed by atoms with Crippen LogP contribution in [0.25, 0.3) is 11.2 Å². The topological polar surface area (TPSA) is 50.9 Å². The van der Waals surface area contributed by atoms with Gasteiger partial charge in [0.25, 0.3) is 0 Å². The number of aromatic nitrogens is 3. The van der Waals surface area contributed by atoms with Gasteiger partial charge in [0, 0.05) is 18.7 Å². The van der Waals surface area contributed by atoms with Gasteiger partial charge in [0.05, 0.1) is 15.6 Å². The fraction of sp³-hybridized carbons (Fsp3) is 0.250. The van der Waals surface area contributed by atoms with E-state index in [0.29, 0.717) is 12.5 Å². The van der Waals surface area contributed by atoms with Crippen LogP contribution in [-0.4, -0.2) is 19.6 Å². The molecule has 1 aliphatic rings. The number of phenolic OH excluding ortho intramolecular Hbond substituents is 1. The number of imidazole rings is 1. The standard InChI is InChI=1S/C16H13Cl2N3O/c17-11-6-9(7-12(18)14(11)22)8-21-13-2-1-5-19-15(13)20-16(21)10-3-4-10/h1-2,5-7,10,22H,3-4,8H2. The third-order valence-electron chi connectivity index (χ3n) is 3.91. The van der Waals surface area contributed by atoms with E-state index in [1.165, 1.54) is 12.8 Å². The highest BCUT2D eigenvalue weighted by Gasteiger charge is 2.30. The van der Waals surface area contributed by atoms with E-state index in [-0.39, 0.29) is 15.8 Å². The number of benzene rings is 1. The van der Waals surface area contributed by atoms with Crippen LogP contribution in [0.3, 0.4) is 0 Å². The van der Waals surface area contributed by atoms with Crippen molar-refractivity contribution in [3.63, 3.8) is 0 Å². The lowest BCUT2D eigenvalue weighted by atomic mass is 10.2. The Morgan fingerprint density at radius 1 is 1.23 bits per heavy atom. The lowest BCUT2D eigenvalue weighted by Crippen LogP contribution is -2.04. The van der Waals surface area contributed by atoms with Crippen LogP contribution >= 0.6 is 23.2 Å². The summed E-state index contributed by atoms with van der Waals surface area (Å²) in [6, 6.07) is 7.40. The van der Waals surface area contributed by atoms with Gasteiger partial charge in [0.1, 0.15) is 5.82 Å². The van der Waals surface area contributed by atoms with E-state index in [4.69, 9.17) is 23.2 Å². The first-order valence-corrected chi connectivity index (χ1v) is 7.87. The highest BCUT2D eigenvalue weighted by molar-refractivity contribution is 6.37. The van der Waals surface area contributed by atoms with Gasteiger partial charge in [-0.15, -0.1) is 0 Å². The van der Waals surface area contributed by atoms with E-state index >= 15 is 0 Å². The minimum Gasteiger partial charge on any atom is -0.505 e. The minimum absolute atomic E-state index is 0.0772. The second-order valence-corrected chi connectivity index (χ2v) is 6.40. The summed E-state index contributed by atoms with van der Waals surface area (Å²) in [5, 5.41) is 10.2. The van der Waals surface area contributed by atoms with Crippen LogP contribution in [0.2, 0.25) is 10.0 Å². The highest BCUT2D eigenvalue weighted by Crippen LogP contribution is 2.41. The van der Waals surface area contributed by atoms with Crippen LogP contribution in [0.5, 0.6) is 5.75 Å². The molecule has 1 saturated carbocycles. The molecule has 3 aromatic rings. The molecule has 0 spiro atoms. The number of nitrogens with zero attached hydrogens (tertiary/aromatic N) is 3. The van der Waals surface area contributed by atoms with Crippen molar-refractivity contribution in [3.8, 4) is 5.75 Å². The zero-order valence-electron chi connectivity index (χ0n) is 11.6. The molecule has 6 heteroatoms. The first-order chi connectivity index (χ1) is 10.6. The Morgan fingerprint density at radius 2 is 1.95 bits per heavy atom. The van der Waals surface area contributed by atoms with E-state index in [1.54, 1.807) is 18.3 Å². The molecule has 0 atom stereocenters. The SMILES string of the molecule is Oc1c(Cl)cc(Cn2c(C3CC3)nc3ncccc32)cc1Cl. The van der Waals surface area contributed by atoms with E-state index < -0.39 is 0 Å². The van der Waals surface area contributed by atoms with Gasteiger partial charge in [-0.3, -0.25) is 0 Å². The third kappa shape index (κ3) is 2.32. The van der Waals surface area contributed by atoms with Crippen LogP contribution in [-0.2, 0) is 6.54 Å². The summed E-state index contributed by atoms with van der Waals surface area (Å²) in [5.41, 5.74) is 2.70. The molecule has 112 valence electrons. The van der Waals surface area contributed by atoms with Gasteiger partial charge in [-0.05, 0) is 42.7 Å². The first-order valence-electron chi connectivity index (χ1n) is 7.11. The maximum absolute atomic E-state index is 9.69. The number of rotatable bonds is 3. The largest absolute Gasteiger partial charge is 0.505 e. The van der Waals surface area contributed by atoms with Crippen molar-refractivity contribution in [2.45, 2.75) is 25.3 Å². The smallest absolute Gasteiger partial charge is 0.177 e. The summed E-state index contributed by atoms with van der Waals surface area (Å²) in [7, 11) is 0. The molecule has 1 aliphatic carbocycles. The molecule has 0 aliphatic heterocycles. The Labute approximate surface area is 137 Å². The van der Waals surface area contributed by atoms with Crippen molar-refractivity contribution in [2.75, 3.05) is 0 Å². The maximum atomic E-state index is 9.69. The average Bonchev–Trinajstić information content (AvgIpc) is 3.28. The molecule has 2 heterocycles. The molecule has 0 saturated heterocycles.